The molecule has 0 aromatic heterocycles. The average molecular weight is 519 g/mol. The van der Waals surface area contributed by atoms with Gasteiger partial charge in [0.15, 0.2) is 5.96 Å². The molecule has 164 valence electrons. The van der Waals surface area contributed by atoms with Crippen LogP contribution < -0.4 is 14.8 Å². The molecule has 2 aliphatic rings. The van der Waals surface area contributed by atoms with Gasteiger partial charge in [-0.15, -0.1) is 24.0 Å². The van der Waals surface area contributed by atoms with Gasteiger partial charge < -0.3 is 29.2 Å². The molecule has 2 aliphatic heterocycles. The molecule has 0 radical (unpaired) electrons. The molecule has 1 aromatic carbocycles. The van der Waals surface area contributed by atoms with E-state index in [0.717, 1.165) is 68.5 Å². The van der Waals surface area contributed by atoms with Gasteiger partial charge in [-0.05, 0) is 49.9 Å². The Bertz CT molecular complexity index is 653. The fourth-order valence-corrected chi connectivity index (χ4v) is 3.77. The van der Waals surface area contributed by atoms with Crippen molar-refractivity contribution in [3.05, 3.63) is 23.8 Å². The number of hydrogen-bond acceptors (Lipinski definition) is 5. The first kappa shape index (κ1) is 24.0. The number of nitrogens with zero attached hydrogens (tertiary/aromatic N) is 2. The van der Waals surface area contributed by atoms with Crippen molar-refractivity contribution in [2.24, 2.45) is 4.99 Å². The maximum absolute atomic E-state index is 5.97. The van der Waals surface area contributed by atoms with Crippen LogP contribution in [-0.4, -0.2) is 76.7 Å². The lowest BCUT2D eigenvalue weighted by molar-refractivity contribution is -0.0817. The van der Waals surface area contributed by atoms with Crippen LogP contribution in [0.5, 0.6) is 11.5 Å². The minimum Gasteiger partial charge on any atom is -0.497 e. The summed E-state index contributed by atoms with van der Waals surface area (Å²) < 4.78 is 22.6. The Morgan fingerprint density at radius 1 is 1.21 bits per heavy atom. The van der Waals surface area contributed by atoms with Crippen LogP contribution in [0.1, 0.15) is 25.3 Å². The molecule has 8 heteroatoms. The Morgan fingerprint density at radius 2 is 2.03 bits per heavy atom. The fraction of sp³-hybridized carbons (Fsp3) is 0.667. The van der Waals surface area contributed by atoms with Crippen LogP contribution in [0.25, 0.3) is 0 Å². The zero-order valence-corrected chi connectivity index (χ0v) is 20.0. The number of guanidine groups is 1. The highest BCUT2D eigenvalue weighted by Crippen LogP contribution is 2.24. The summed E-state index contributed by atoms with van der Waals surface area (Å²) >= 11 is 0. The number of nitrogens with one attached hydrogen (secondary N) is 1. The van der Waals surface area contributed by atoms with Crippen LogP contribution in [0, 0.1) is 0 Å². The third-order valence-corrected chi connectivity index (χ3v) is 5.24. The largest absolute Gasteiger partial charge is 0.497 e. The van der Waals surface area contributed by atoms with Crippen molar-refractivity contribution >= 4 is 29.9 Å². The van der Waals surface area contributed by atoms with Crippen LogP contribution >= 0.6 is 24.0 Å². The summed E-state index contributed by atoms with van der Waals surface area (Å²) in [6.45, 7) is 6.83. The van der Waals surface area contributed by atoms with Gasteiger partial charge in [0.1, 0.15) is 17.6 Å². The van der Waals surface area contributed by atoms with Crippen molar-refractivity contribution in [1.29, 1.82) is 0 Å². The summed E-state index contributed by atoms with van der Waals surface area (Å²) in [4.78, 5) is 7.16. The predicted octanol–water partition coefficient (Wildman–Crippen LogP) is 2.71. The number of rotatable bonds is 7. The number of benzene rings is 1. The second-order valence-electron chi connectivity index (χ2n) is 7.07. The molecule has 2 heterocycles. The van der Waals surface area contributed by atoms with Crippen LogP contribution in [0.2, 0.25) is 0 Å². The molecule has 2 saturated heterocycles. The molecular weight excluding hydrogens is 485 g/mol. The van der Waals surface area contributed by atoms with E-state index in [9.17, 15) is 0 Å². The van der Waals surface area contributed by atoms with E-state index in [4.69, 9.17) is 23.9 Å². The standard InChI is InChI=1S/C21H33N3O4.HI/c1-4-22-21(24-11-13-28-20(15-24)19-6-5-12-27-19)23-10-9-16-14-17(25-2)7-8-18(16)26-3;/h7-8,14,19-20H,4-6,9-13,15H2,1-3H3,(H,22,23);1H. The highest BCUT2D eigenvalue weighted by atomic mass is 127. The Morgan fingerprint density at radius 3 is 2.72 bits per heavy atom. The van der Waals surface area contributed by atoms with E-state index < -0.39 is 0 Å². The molecule has 2 fully saturated rings. The molecule has 0 aliphatic carbocycles. The van der Waals surface area contributed by atoms with Crippen molar-refractivity contribution in [2.45, 2.75) is 38.4 Å². The topological polar surface area (TPSA) is 64.6 Å². The van der Waals surface area contributed by atoms with E-state index in [1.165, 1.54) is 0 Å². The van der Waals surface area contributed by atoms with Gasteiger partial charge in [-0.25, -0.2) is 0 Å². The van der Waals surface area contributed by atoms with Gasteiger partial charge in [0.05, 0.1) is 26.9 Å². The number of methoxy groups -OCH3 is 2. The number of hydrogen-bond donors (Lipinski definition) is 1. The Hall–Kier alpha value is -1.26. The van der Waals surface area contributed by atoms with Gasteiger partial charge in [-0.2, -0.15) is 0 Å². The molecule has 1 aromatic rings. The molecule has 0 amide bonds. The van der Waals surface area contributed by atoms with E-state index in [0.29, 0.717) is 13.2 Å². The lowest BCUT2D eigenvalue weighted by Gasteiger charge is -2.37. The minimum absolute atomic E-state index is 0. The summed E-state index contributed by atoms with van der Waals surface area (Å²) in [6.07, 6.45) is 3.34. The van der Waals surface area contributed by atoms with Gasteiger partial charge in [0.2, 0.25) is 0 Å². The first-order valence-corrected chi connectivity index (χ1v) is 10.2. The molecule has 2 unspecified atom stereocenters. The van der Waals surface area contributed by atoms with Crippen molar-refractivity contribution < 1.29 is 18.9 Å². The van der Waals surface area contributed by atoms with Gasteiger partial charge in [-0.1, -0.05) is 0 Å². The zero-order chi connectivity index (χ0) is 19.8. The van der Waals surface area contributed by atoms with Gasteiger partial charge >= 0.3 is 0 Å². The second kappa shape index (κ2) is 12.4. The summed E-state index contributed by atoms with van der Waals surface area (Å²) in [5, 5.41) is 3.42. The summed E-state index contributed by atoms with van der Waals surface area (Å²) in [5.41, 5.74) is 1.10. The maximum Gasteiger partial charge on any atom is 0.194 e. The highest BCUT2D eigenvalue weighted by Gasteiger charge is 2.32. The monoisotopic (exact) mass is 519 g/mol. The fourth-order valence-electron chi connectivity index (χ4n) is 3.77. The maximum atomic E-state index is 5.97. The summed E-state index contributed by atoms with van der Waals surface area (Å²) in [6, 6.07) is 5.87. The van der Waals surface area contributed by atoms with Gasteiger partial charge in [-0.3, -0.25) is 4.99 Å². The molecule has 1 N–H and O–H groups in total. The van der Waals surface area contributed by atoms with E-state index in [1.807, 2.05) is 18.2 Å². The summed E-state index contributed by atoms with van der Waals surface area (Å²) in [5.74, 6) is 2.64. The van der Waals surface area contributed by atoms with Crippen LogP contribution in [0.15, 0.2) is 23.2 Å². The predicted molar refractivity (Wildman–Crippen MR) is 125 cm³/mol. The van der Waals surface area contributed by atoms with E-state index in [2.05, 4.69) is 17.1 Å². The van der Waals surface area contributed by atoms with Crippen LogP contribution in [-0.2, 0) is 15.9 Å². The number of ether oxygens (including phenoxy) is 4. The van der Waals surface area contributed by atoms with Crippen molar-refractivity contribution in [3.8, 4) is 11.5 Å². The minimum atomic E-state index is 0. The average Bonchev–Trinajstić information content (AvgIpc) is 3.28. The number of halogens is 1. The second-order valence-corrected chi connectivity index (χ2v) is 7.07. The van der Waals surface area contributed by atoms with Gasteiger partial charge in [0.25, 0.3) is 0 Å². The summed E-state index contributed by atoms with van der Waals surface area (Å²) in [7, 11) is 3.37. The molecule has 0 spiro atoms. The molecule has 3 rings (SSSR count). The smallest absolute Gasteiger partial charge is 0.194 e. The molecule has 0 saturated carbocycles. The lowest BCUT2D eigenvalue weighted by atomic mass is 10.1. The zero-order valence-electron chi connectivity index (χ0n) is 17.7. The lowest BCUT2D eigenvalue weighted by Crippen LogP contribution is -2.53. The van der Waals surface area contributed by atoms with Crippen molar-refractivity contribution in [1.82, 2.24) is 10.2 Å². The number of morpholine rings is 1. The molecule has 2 atom stereocenters. The van der Waals surface area contributed by atoms with E-state index in [1.54, 1.807) is 14.2 Å². The van der Waals surface area contributed by atoms with Crippen LogP contribution in [0.3, 0.4) is 0 Å². The molecular formula is C21H34IN3O4. The molecule has 0 bridgehead atoms. The number of aliphatic imine (C=N–C) groups is 1. The van der Waals surface area contributed by atoms with E-state index in [-0.39, 0.29) is 36.2 Å². The molecule has 7 nitrogen and oxygen atoms in total. The van der Waals surface area contributed by atoms with E-state index >= 15 is 0 Å². The first-order chi connectivity index (χ1) is 13.7. The van der Waals surface area contributed by atoms with Crippen molar-refractivity contribution in [2.75, 3.05) is 53.6 Å². The van der Waals surface area contributed by atoms with Crippen LogP contribution in [0.4, 0.5) is 0 Å². The third-order valence-electron chi connectivity index (χ3n) is 5.24. The Kier molecular flexibility index (Phi) is 10.3. The highest BCUT2D eigenvalue weighted by molar-refractivity contribution is 14.0. The Balaban J connectivity index is 0.00000300. The normalized spacial score (nSPS) is 22.2. The third kappa shape index (κ3) is 6.62. The quantitative estimate of drug-likeness (QED) is 0.340. The van der Waals surface area contributed by atoms with Gasteiger partial charge in [0, 0.05) is 32.8 Å². The molecule has 29 heavy (non-hydrogen) atoms. The van der Waals surface area contributed by atoms with Crippen molar-refractivity contribution in [3.63, 3.8) is 0 Å². The Labute approximate surface area is 191 Å². The first-order valence-electron chi connectivity index (χ1n) is 10.2. The SMILES string of the molecule is CCNC(=NCCc1cc(OC)ccc1OC)N1CCOC(C2CCCO2)C1.I.